The summed E-state index contributed by atoms with van der Waals surface area (Å²) in [6.45, 7) is -0.794. The van der Waals surface area contributed by atoms with Gasteiger partial charge in [0.2, 0.25) is 6.61 Å². The van der Waals surface area contributed by atoms with Gasteiger partial charge in [0.05, 0.1) is 17.3 Å². The second-order valence-electron chi connectivity index (χ2n) is 7.24. The zero-order valence-electron chi connectivity index (χ0n) is 18.1. The SMILES string of the molecule is Nc1nc(/C(=N/OCC(=O)O)C(=O)N[C@@H]2C(=O)N3C(C(=O)O)=C(SCSc4cn[nH]n4)CC[C@@H]23)cs1. The average molecular weight is 555 g/mol. The molecule has 15 nitrogen and oxygen atoms in total. The smallest absolute Gasteiger partial charge is 0.353 e. The van der Waals surface area contributed by atoms with Crippen molar-refractivity contribution in [1.82, 2.24) is 30.6 Å². The number of nitrogens with two attached hydrogens (primary N) is 1. The number of fused-ring (bicyclic) bond motifs is 1. The Morgan fingerprint density at radius 1 is 1.36 bits per heavy atom. The monoisotopic (exact) mass is 554 g/mol. The number of anilines is 1. The molecule has 2 atom stereocenters. The lowest BCUT2D eigenvalue weighted by molar-refractivity contribution is -0.155. The van der Waals surface area contributed by atoms with Crippen LogP contribution in [0.5, 0.6) is 0 Å². The van der Waals surface area contributed by atoms with Crippen LogP contribution in [0.15, 0.2) is 32.4 Å². The number of thiazole rings is 1. The van der Waals surface area contributed by atoms with Gasteiger partial charge in [0, 0.05) is 10.3 Å². The third-order valence-electron chi connectivity index (χ3n) is 5.04. The summed E-state index contributed by atoms with van der Waals surface area (Å²) in [5.41, 5.74) is 5.18. The van der Waals surface area contributed by atoms with Crippen molar-refractivity contribution in [3.8, 4) is 0 Å². The van der Waals surface area contributed by atoms with E-state index in [0.717, 1.165) is 11.3 Å². The molecule has 0 saturated carbocycles. The number of amides is 2. The minimum Gasteiger partial charge on any atom is -0.479 e. The lowest BCUT2D eigenvalue weighted by Gasteiger charge is -2.50. The van der Waals surface area contributed by atoms with E-state index in [2.05, 4.69) is 30.9 Å². The topological polar surface area (TPSA) is 226 Å². The number of nitrogen functional groups attached to an aromatic ring is 1. The van der Waals surface area contributed by atoms with Gasteiger partial charge in [0.1, 0.15) is 22.5 Å². The van der Waals surface area contributed by atoms with Gasteiger partial charge in [0.15, 0.2) is 10.8 Å². The van der Waals surface area contributed by atoms with E-state index < -0.39 is 42.4 Å². The predicted octanol–water partition coefficient (Wildman–Crippen LogP) is -0.0827. The van der Waals surface area contributed by atoms with Crippen LogP contribution in [-0.2, 0) is 24.0 Å². The Kier molecular flexibility index (Phi) is 7.75. The van der Waals surface area contributed by atoms with E-state index in [4.69, 9.17) is 15.7 Å². The zero-order valence-corrected chi connectivity index (χ0v) is 20.6. The van der Waals surface area contributed by atoms with Gasteiger partial charge in [-0.25, -0.2) is 14.6 Å². The number of nitrogens with zero attached hydrogens (tertiary/aromatic N) is 5. The molecule has 4 rings (SSSR count). The quantitative estimate of drug-likeness (QED) is 0.0806. The fourth-order valence-corrected chi connectivity index (χ4v) is 6.21. The summed E-state index contributed by atoms with van der Waals surface area (Å²) < 4.78 is 0. The van der Waals surface area contributed by atoms with Crippen LogP contribution in [-0.4, -0.2) is 88.7 Å². The van der Waals surface area contributed by atoms with Gasteiger partial charge < -0.3 is 26.1 Å². The number of carbonyl (C=O) groups excluding carboxylic acids is 2. The lowest BCUT2D eigenvalue weighted by Crippen LogP contribution is -2.72. The number of β-lactam (4-membered cyclic amide) rings is 1. The maximum atomic E-state index is 12.9. The van der Waals surface area contributed by atoms with Crippen molar-refractivity contribution in [2.45, 2.75) is 30.0 Å². The van der Waals surface area contributed by atoms with E-state index in [0.29, 0.717) is 27.9 Å². The molecule has 18 heteroatoms. The first kappa shape index (κ1) is 25.5. The number of hydrogen-bond acceptors (Lipinski definition) is 13. The van der Waals surface area contributed by atoms with Gasteiger partial charge in [-0.3, -0.25) is 14.5 Å². The molecule has 2 aliphatic rings. The number of oxime groups is 1. The van der Waals surface area contributed by atoms with E-state index in [9.17, 15) is 24.3 Å². The summed E-state index contributed by atoms with van der Waals surface area (Å²) in [6.07, 6.45) is 2.37. The minimum atomic E-state index is -1.30. The highest BCUT2D eigenvalue weighted by molar-refractivity contribution is 8.17. The highest BCUT2D eigenvalue weighted by Gasteiger charge is 2.53. The number of thioether (sulfide) groups is 2. The molecule has 2 aromatic heterocycles. The molecule has 4 heterocycles. The standard InChI is InChI=1S/C18H18N8O7S3/c19-18-21-7(5-34-18)12(24-33-4-11(27)28)15(29)22-13-8-1-2-9(14(17(31)32)26(8)16(13)30)35-6-36-10-3-20-25-23-10/h3,5,8,13H,1-2,4,6H2,(H2,19,21)(H,22,29)(H,27,28)(H,31,32)(H,20,23,25)/b24-12-/t8-,13-/m0/s1. The maximum Gasteiger partial charge on any atom is 0.353 e. The van der Waals surface area contributed by atoms with Crippen LogP contribution in [0.25, 0.3) is 0 Å². The lowest BCUT2D eigenvalue weighted by atomic mass is 9.86. The molecule has 0 spiro atoms. The molecule has 0 unspecified atom stereocenters. The largest absolute Gasteiger partial charge is 0.479 e. The number of carbonyl (C=O) groups is 4. The van der Waals surface area contributed by atoms with Crippen LogP contribution in [0.4, 0.5) is 5.13 Å². The molecule has 6 N–H and O–H groups in total. The number of rotatable bonds is 11. The number of allylic oxidation sites excluding steroid dienone is 1. The summed E-state index contributed by atoms with van der Waals surface area (Å²) in [7, 11) is 0. The second kappa shape index (κ2) is 11.0. The Hall–Kier alpha value is -3.64. The molecule has 190 valence electrons. The normalized spacial score (nSPS) is 19.5. The molecule has 2 aliphatic heterocycles. The predicted molar refractivity (Wildman–Crippen MR) is 128 cm³/mol. The number of H-pyrrole nitrogens is 1. The summed E-state index contributed by atoms with van der Waals surface area (Å²) in [6, 6.07) is -1.56. The Balaban J connectivity index is 1.46. The van der Waals surface area contributed by atoms with Crippen LogP contribution in [0, 0.1) is 0 Å². The molecule has 2 aromatic rings. The average Bonchev–Trinajstić information content (AvgIpc) is 3.51. The van der Waals surface area contributed by atoms with Crippen LogP contribution in [0.1, 0.15) is 18.5 Å². The molecule has 36 heavy (non-hydrogen) atoms. The number of carboxylic acid groups (broad SMARTS) is 2. The highest BCUT2D eigenvalue weighted by atomic mass is 32.2. The number of nitrogens with one attached hydrogen (secondary N) is 2. The van der Waals surface area contributed by atoms with Gasteiger partial charge in [-0.05, 0) is 12.8 Å². The fourth-order valence-electron chi connectivity index (χ4n) is 3.55. The fraction of sp³-hybridized carbons (Fsp3) is 0.333. The Bertz CT molecular complexity index is 1250. The number of aliphatic carboxylic acids is 2. The van der Waals surface area contributed by atoms with E-state index in [1.165, 1.54) is 33.8 Å². The number of aromatic nitrogens is 4. The minimum absolute atomic E-state index is 0.0436. The van der Waals surface area contributed by atoms with Crippen molar-refractivity contribution in [3.63, 3.8) is 0 Å². The van der Waals surface area contributed by atoms with Crippen LogP contribution < -0.4 is 11.1 Å². The maximum absolute atomic E-state index is 12.9. The van der Waals surface area contributed by atoms with Gasteiger partial charge in [-0.1, -0.05) is 16.9 Å². The summed E-state index contributed by atoms with van der Waals surface area (Å²) in [4.78, 5) is 58.9. The van der Waals surface area contributed by atoms with Gasteiger partial charge in [0.25, 0.3) is 11.8 Å². The van der Waals surface area contributed by atoms with Crippen molar-refractivity contribution in [2.75, 3.05) is 17.4 Å². The first-order valence-electron chi connectivity index (χ1n) is 10.1. The molecule has 0 aromatic carbocycles. The van der Waals surface area contributed by atoms with E-state index in [1.807, 2.05) is 0 Å². The summed E-state index contributed by atoms with van der Waals surface area (Å²) >= 11 is 3.70. The third-order valence-corrected chi connectivity index (χ3v) is 7.89. The van der Waals surface area contributed by atoms with Crippen molar-refractivity contribution in [2.24, 2.45) is 5.16 Å². The van der Waals surface area contributed by atoms with Crippen molar-refractivity contribution in [3.05, 3.63) is 27.9 Å². The highest BCUT2D eigenvalue weighted by Crippen LogP contribution is 2.42. The Labute approximate surface area is 214 Å². The number of carboxylic acids is 2. The number of hydrogen-bond donors (Lipinski definition) is 5. The van der Waals surface area contributed by atoms with Gasteiger partial charge in [-0.15, -0.1) is 28.2 Å². The summed E-state index contributed by atoms with van der Waals surface area (Å²) in [5, 5.41) is 37.5. The molecular weight excluding hydrogens is 536 g/mol. The molecule has 0 aliphatic carbocycles. The third kappa shape index (κ3) is 5.44. The number of aromatic amines is 1. The zero-order chi connectivity index (χ0) is 25.8. The van der Waals surface area contributed by atoms with Crippen LogP contribution in [0.3, 0.4) is 0 Å². The van der Waals surface area contributed by atoms with Crippen molar-refractivity contribution < 1.29 is 34.2 Å². The molecule has 0 radical (unpaired) electrons. The van der Waals surface area contributed by atoms with E-state index in [-0.39, 0.29) is 22.2 Å². The molecular formula is C18H18N8O7S3. The van der Waals surface area contributed by atoms with E-state index >= 15 is 0 Å². The molecule has 2 amide bonds. The van der Waals surface area contributed by atoms with Crippen LogP contribution in [0.2, 0.25) is 0 Å². The first-order valence-corrected chi connectivity index (χ1v) is 13.0. The van der Waals surface area contributed by atoms with E-state index in [1.54, 1.807) is 6.20 Å². The second-order valence-corrected chi connectivity index (χ2v) is 10.6. The Morgan fingerprint density at radius 3 is 2.81 bits per heavy atom. The molecule has 1 saturated heterocycles. The van der Waals surface area contributed by atoms with Gasteiger partial charge in [-0.2, -0.15) is 10.3 Å². The summed E-state index contributed by atoms with van der Waals surface area (Å²) in [5.74, 6) is -3.97. The van der Waals surface area contributed by atoms with Crippen LogP contribution >= 0.6 is 34.9 Å². The molecule has 1 fully saturated rings. The molecule has 0 bridgehead atoms. The van der Waals surface area contributed by atoms with Crippen molar-refractivity contribution in [1.29, 1.82) is 0 Å². The van der Waals surface area contributed by atoms with Gasteiger partial charge >= 0.3 is 11.9 Å². The first-order chi connectivity index (χ1) is 17.3. The Morgan fingerprint density at radius 2 is 2.17 bits per heavy atom. The van der Waals surface area contributed by atoms with Crippen molar-refractivity contribution >= 4 is 69.5 Å².